The quantitative estimate of drug-likeness (QED) is 0.264. The van der Waals surface area contributed by atoms with Crippen molar-refractivity contribution >= 4 is 34.0 Å². The average Bonchev–Trinajstić information content (AvgIpc) is 3.23. The molecule has 0 saturated heterocycles. The van der Waals surface area contributed by atoms with Gasteiger partial charge in [0.2, 0.25) is 6.79 Å². The van der Waals surface area contributed by atoms with E-state index in [9.17, 15) is 9.59 Å². The van der Waals surface area contributed by atoms with Crippen LogP contribution in [0.25, 0.3) is 0 Å². The van der Waals surface area contributed by atoms with Crippen LogP contribution in [-0.2, 0) is 0 Å². The lowest BCUT2D eigenvalue weighted by Crippen LogP contribution is -2.17. The van der Waals surface area contributed by atoms with Gasteiger partial charge in [-0.3, -0.25) is 4.79 Å². The number of hydrazone groups is 1. The average molecular weight is 467 g/mol. The highest BCUT2D eigenvalue weighted by atomic mass is 79.9. The summed E-state index contributed by atoms with van der Waals surface area (Å²) in [5, 5.41) is 3.95. The molecule has 0 aromatic heterocycles. The lowest BCUT2D eigenvalue weighted by atomic mass is 10.2. The van der Waals surface area contributed by atoms with E-state index in [0.717, 1.165) is 10.0 Å². The van der Waals surface area contributed by atoms with Crippen molar-refractivity contribution in [3.05, 3.63) is 87.9 Å². The second-order valence-corrected chi connectivity index (χ2v) is 7.15. The molecule has 30 heavy (non-hydrogen) atoms. The molecule has 0 fully saturated rings. The number of hydrogen-bond acceptors (Lipinski definition) is 6. The molecule has 0 bridgehead atoms. The van der Waals surface area contributed by atoms with Gasteiger partial charge in [0, 0.05) is 10.0 Å². The Bertz CT molecular complexity index is 1110. The topological polar surface area (TPSA) is 86.2 Å². The van der Waals surface area contributed by atoms with Crippen molar-refractivity contribution in [2.75, 3.05) is 6.79 Å². The van der Waals surface area contributed by atoms with E-state index in [1.807, 2.05) is 0 Å². The highest BCUT2D eigenvalue weighted by Gasteiger charge is 2.15. The Labute approximate surface area is 180 Å². The number of rotatable bonds is 5. The number of fused-ring (bicyclic) bond motifs is 1. The number of nitrogens with one attached hydrogen (secondary N) is 1. The van der Waals surface area contributed by atoms with E-state index in [0.29, 0.717) is 28.4 Å². The van der Waals surface area contributed by atoms with Gasteiger partial charge in [-0.25, -0.2) is 10.2 Å². The summed E-state index contributed by atoms with van der Waals surface area (Å²) in [6, 6.07) is 18.6. The molecular formula is C22H15BrN2O5. The van der Waals surface area contributed by atoms with E-state index in [2.05, 4.69) is 26.5 Å². The van der Waals surface area contributed by atoms with Gasteiger partial charge in [-0.1, -0.05) is 15.9 Å². The summed E-state index contributed by atoms with van der Waals surface area (Å²) < 4.78 is 16.7. The largest absolute Gasteiger partial charge is 0.454 e. The van der Waals surface area contributed by atoms with Gasteiger partial charge in [-0.2, -0.15) is 5.10 Å². The van der Waals surface area contributed by atoms with Crippen molar-refractivity contribution < 1.29 is 23.8 Å². The van der Waals surface area contributed by atoms with Crippen LogP contribution in [-0.4, -0.2) is 24.9 Å². The zero-order valence-corrected chi connectivity index (χ0v) is 17.1. The number of esters is 1. The number of nitrogens with zero attached hydrogens (tertiary/aromatic N) is 1. The van der Waals surface area contributed by atoms with E-state index in [1.54, 1.807) is 66.7 Å². The number of halogens is 1. The zero-order chi connectivity index (χ0) is 20.9. The van der Waals surface area contributed by atoms with Crippen molar-refractivity contribution in [3.63, 3.8) is 0 Å². The molecule has 0 unspecified atom stereocenters. The smallest absolute Gasteiger partial charge is 0.343 e. The minimum absolute atomic E-state index is 0.146. The highest BCUT2D eigenvalue weighted by molar-refractivity contribution is 9.10. The Morgan fingerprint density at radius 1 is 0.933 bits per heavy atom. The number of carbonyl (C=O) groups excluding carboxylic acids is 2. The Balaban J connectivity index is 1.33. The SMILES string of the molecule is O=C(NN=Cc1ccc(OC(=O)c2ccc(Br)cc2)cc1)c1ccc2c(c1)OCO2. The summed E-state index contributed by atoms with van der Waals surface area (Å²) in [5.74, 6) is 0.727. The molecule has 0 spiro atoms. The van der Waals surface area contributed by atoms with Gasteiger partial charge in [0.25, 0.3) is 5.91 Å². The van der Waals surface area contributed by atoms with Crippen molar-refractivity contribution in [1.82, 2.24) is 5.43 Å². The van der Waals surface area contributed by atoms with Crippen LogP contribution in [0.1, 0.15) is 26.3 Å². The molecule has 0 radical (unpaired) electrons. The number of hydrogen-bond donors (Lipinski definition) is 1. The first-order chi connectivity index (χ1) is 14.6. The molecule has 0 atom stereocenters. The summed E-state index contributed by atoms with van der Waals surface area (Å²) >= 11 is 3.32. The summed E-state index contributed by atoms with van der Waals surface area (Å²) in [6.07, 6.45) is 1.49. The summed E-state index contributed by atoms with van der Waals surface area (Å²) in [6.45, 7) is 0.146. The fourth-order valence-electron chi connectivity index (χ4n) is 2.64. The lowest BCUT2D eigenvalue weighted by Gasteiger charge is -2.05. The maximum absolute atomic E-state index is 12.2. The monoisotopic (exact) mass is 466 g/mol. The first kappa shape index (κ1) is 19.7. The number of carbonyl (C=O) groups is 2. The fraction of sp³-hybridized carbons (Fsp3) is 0.0455. The van der Waals surface area contributed by atoms with Crippen LogP contribution in [0, 0.1) is 0 Å². The third-order valence-electron chi connectivity index (χ3n) is 4.19. The van der Waals surface area contributed by atoms with Gasteiger partial charge in [0.1, 0.15) is 5.75 Å². The molecule has 1 N–H and O–H groups in total. The summed E-state index contributed by atoms with van der Waals surface area (Å²) in [4.78, 5) is 24.3. The minimum atomic E-state index is -0.445. The van der Waals surface area contributed by atoms with Crippen LogP contribution in [0.15, 0.2) is 76.3 Å². The molecule has 3 aromatic carbocycles. The Morgan fingerprint density at radius 2 is 1.63 bits per heavy atom. The van der Waals surface area contributed by atoms with Gasteiger partial charge < -0.3 is 14.2 Å². The predicted molar refractivity (Wildman–Crippen MR) is 113 cm³/mol. The van der Waals surface area contributed by atoms with Crippen LogP contribution in [0.4, 0.5) is 0 Å². The standard InChI is InChI=1S/C22H15BrN2O5/c23-17-6-3-15(4-7-17)22(27)30-18-8-1-14(2-9-18)12-24-25-21(26)16-5-10-19-20(11-16)29-13-28-19/h1-12H,13H2,(H,25,26). The van der Waals surface area contributed by atoms with Gasteiger partial charge >= 0.3 is 5.97 Å². The molecule has 4 rings (SSSR count). The van der Waals surface area contributed by atoms with Crippen LogP contribution < -0.4 is 19.6 Å². The number of ether oxygens (including phenoxy) is 3. The Hall–Kier alpha value is -3.65. The van der Waals surface area contributed by atoms with Crippen molar-refractivity contribution in [1.29, 1.82) is 0 Å². The number of amides is 1. The van der Waals surface area contributed by atoms with Crippen molar-refractivity contribution in [3.8, 4) is 17.2 Å². The highest BCUT2D eigenvalue weighted by Crippen LogP contribution is 2.32. The van der Waals surface area contributed by atoms with Crippen LogP contribution in [0.2, 0.25) is 0 Å². The molecule has 0 saturated carbocycles. The normalized spacial score (nSPS) is 12.0. The maximum atomic E-state index is 12.2. The Morgan fingerprint density at radius 3 is 2.40 bits per heavy atom. The van der Waals surface area contributed by atoms with Crippen LogP contribution >= 0.6 is 15.9 Å². The molecule has 1 aliphatic rings. The summed E-state index contributed by atoms with van der Waals surface area (Å²) in [5.41, 5.74) is 4.05. The molecular weight excluding hydrogens is 452 g/mol. The van der Waals surface area contributed by atoms with Gasteiger partial charge in [-0.05, 0) is 72.3 Å². The zero-order valence-electron chi connectivity index (χ0n) is 15.5. The Kier molecular flexibility index (Phi) is 5.76. The van der Waals surface area contributed by atoms with Gasteiger partial charge in [0.15, 0.2) is 11.5 Å². The van der Waals surface area contributed by atoms with E-state index in [-0.39, 0.29) is 12.7 Å². The van der Waals surface area contributed by atoms with Crippen molar-refractivity contribution in [2.45, 2.75) is 0 Å². The first-order valence-corrected chi connectivity index (χ1v) is 9.69. The third-order valence-corrected chi connectivity index (χ3v) is 4.71. The molecule has 7 nitrogen and oxygen atoms in total. The fourth-order valence-corrected chi connectivity index (χ4v) is 2.91. The molecule has 1 amide bonds. The molecule has 1 aliphatic heterocycles. The summed E-state index contributed by atoms with van der Waals surface area (Å²) in [7, 11) is 0. The van der Waals surface area contributed by atoms with Gasteiger partial charge in [-0.15, -0.1) is 0 Å². The van der Waals surface area contributed by atoms with Gasteiger partial charge in [0.05, 0.1) is 11.8 Å². The first-order valence-electron chi connectivity index (χ1n) is 8.89. The van der Waals surface area contributed by atoms with E-state index in [1.165, 1.54) is 6.21 Å². The van der Waals surface area contributed by atoms with E-state index in [4.69, 9.17) is 14.2 Å². The molecule has 8 heteroatoms. The van der Waals surface area contributed by atoms with Crippen LogP contribution in [0.5, 0.6) is 17.2 Å². The maximum Gasteiger partial charge on any atom is 0.343 e. The van der Waals surface area contributed by atoms with Crippen molar-refractivity contribution in [2.24, 2.45) is 5.10 Å². The molecule has 150 valence electrons. The van der Waals surface area contributed by atoms with E-state index < -0.39 is 5.97 Å². The third kappa shape index (κ3) is 4.66. The lowest BCUT2D eigenvalue weighted by molar-refractivity contribution is 0.0734. The predicted octanol–water partition coefficient (Wildman–Crippen LogP) is 4.16. The molecule has 1 heterocycles. The molecule has 0 aliphatic carbocycles. The molecule has 3 aromatic rings. The van der Waals surface area contributed by atoms with E-state index >= 15 is 0 Å². The minimum Gasteiger partial charge on any atom is -0.454 e. The van der Waals surface area contributed by atoms with Crippen LogP contribution in [0.3, 0.4) is 0 Å². The second-order valence-electron chi connectivity index (χ2n) is 6.23. The second kappa shape index (κ2) is 8.79. The number of benzene rings is 3.